The van der Waals surface area contributed by atoms with Crippen molar-refractivity contribution >= 4 is 45.1 Å². The number of amides is 3. The average Bonchev–Trinajstić information content (AvgIpc) is 3.49. The largest absolute Gasteiger partial charge is 0.480 e. The summed E-state index contributed by atoms with van der Waals surface area (Å²) in [5.74, 6) is -2.43. The van der Waals surface area contributed by atoms with Crippen LogP contribution >= 0.6 is 0 Å². The van der Waals surface area contributed by atoms with Crippen LogP contribution in [0, 0.1) is 5.41 Å². The van der Waals surface area contributed by atoms with Crippen molar-refractivity contribution < 1.29 is 32.7 Å². The zero-order valence-corrected chi connectivity index (χ0v) is 24.8. The number of carboxylic acids is 1. The summed E-state index contributed by atoms with van der Waals surface area (Å²) in [5, 5.41) is 22.6. The summed E-state index contributed by atoms with van der Waals surface area (Å²) in [7, 11) is -3.92. The quantitative estimate of drug-likeness (QED) is 0.266. The van der Waals surface area contributed by atoms with Gasteiger partial charge in [-0.3, -0.25) is 14.4 Å². The van der Waals surface area contributed by atoms with Crippen molar-refractivity contribution in [2.75, 3.05) is 18.0 Å². The molecule has 4 N–H and O–H groups in total. The van der Waals surface area contributed by atoms with Crippen molar-refractivity contribution in [1.29, 1.82) is 5.41 Å². The molecule has 3 atom stereocenters. The molecule has 0 aliphatic carbocycles. The predicted octanol–water partition coefficient (Wildman–Crippen LogP) is 2.08. The molecule has 43 heavy (non-hydrogen) atoms. The summed E-state index contributed by atoms with van der Waals surface area (Å²) in [4.78, 5) is 52.2. The molecule has 12 nitrogen and oxygen atoms in total. The van der Waals surface area contributed by atoms with E-state index >= 15 is 0 Å². The lowest BCUT2D eigenvalue weighted by Crippen LogP contribution is -2.52. The molecule has 0 spiro atoms. The first-order valence-corrected chi connectivity index (χ1v) is 15.7. The monoisotopic (exact) mass is 611 g/mol. The molecule has 2 aliphatic rings. The molecule has 2 aromatic carbocycles. The van der Waals surface area contributed by atoms with E-state index in [1.165, 1.54) is 12.1 Å². The van der Waals surface area contributed by atoms with Gasteiger partial charge in [-0.05, 0) is 68.9 Å². The molecule has 13 heteroatoms. The summed E-state index contributed by atoms with van der Waals surface area (Å²) < 4.78 is 27.4. The van der Waals surface area contributed by atoms with Gasteiger partial charge < -0.3 is 26.0 Å². The highest BCUT2D eigenvalue weighted by Gasteiger charge is 2.40. The number of nitrogens with one attached hydrogen (secondary N) is 3. The van der Waals surface area contributed by atoms with Gasteiger partial charge in [-0.1, -0.05) is 30.3 Å². The molecule has 0 radical (unpaired) electrons. The van der Waals surface area contributed by atoms with E-state index in [0.717, 1.165) is 4.31 Å². The normalized spacial score (nSPS) is 19.9. The molecule has 2 aliphatic heterocycles. The highest BCUT2D eigenvalue weighted by Crippen LogP contribution is 2.27. The van der Waals surface area contributed by atoms with Crippen LogP contribution in [0.1, 0.15) is 51.0 Å². The maximum Gasteiger partial charge on any atom is 0.326 e. The lowest BCUT2D eigenvalue weighted by molar-refractivity contribution is -0.142. The van der Waals surface area contributed by atoms with Crippen LogP contribution in [-0.4, -0.2) is 78.4 Å². The molecule has 2 aromatic rings. The number of piperidine rings is 1. The van der Waals surface area contributed by atoms with E-state index in [9.17, 15) is 32.7 Å². The van der Waals surface area contributed by atoms with E-state index in [0.29, 0.717) is 49.2 Å². The molecule has 3 amide bonds. The molecule has 2 heterocycles. The molecule has 4 rings (SSSR count). The van der Waals surface area contributed by atoms with Crippen LogP contribution in [0.2, 0.25) is 0 Å². The van der Waals surface area contributed by atoms with Crippen LogP contribution in [0.25, 0.3) is 0 Å². The molecule has 2 fully saturated rings. The third kappa shape index (κ3) is 7.85. The van der Waals surface area contributed by atoms with E-state index in [2.05, 4.69) is 10.6 Å². The van der Waals surface area contributed by atoms with E-state index in [-0.39, 0.29) is 42.5 Å². The summed E-state index contributed by atoms with van der Waals surface area (Å²) in [6.45, 7) is 2.26. The molecular weight excluding hydrogens is 574 g/mol. The van der Waals surface area contributed by atoms with Gasteiger partial charge in [0.05, 0.1) is 4.90 Å². The Morgan fingerprint density at radius 2 is 1.67 bits per heavy atom. The third-order valence-corrected chi connectivity index (χ3v) is 9.58. The fourth-order valence-electron chi connectivity index (χ4n) is 5.37. The molecule has 0 bridgehead atoms. The molecule has 2 saturated heterocycles. The second-order valence-corrected chi connectivity index (χ2v) is 12.8. The lowest BCUT2D eigenvalue weighted by atomic mass is 10.0. The number of aliphatic carboxylic acids is 1. The van der Waals surface area contributed by atoms with Crippen molar-refractivity contribution in [1.82, 2.24) is 14.9 Å². The number of sulfonamides is 1. The standard InChI is InChI=1S/C30H37N5O7S/c1-20(31)11-16-27(36)32-24-9-5-17-34(29(24)38)22-14-12-21(13-15-22)19-25(30(39)40)33-28(37)26-10-6-18-35(26)43(41,42)23-7-3-2-4-8-23/h2-4,7-8,12-15,24-26,31H,5-6,9-11,16-19H2,1H3,(H,32,36)(H,33,37)(H,39,40)/t24?,25?,26-/m0/s1. The molecule has 0 saturated carbocycles. The SMILES string of the molecule is CC(=N)CCC(=O)NC1CCCN(c2ccc(CC(NC(=O)[C@@H]3CCCN3S(=O)(=O)c3ccccc3)C(=O)O)cc2)C1=O. The van der Waals surface area contributed by atoms with E-state index < -0.39 is 40.0 Å². The van der Waals surface area contributed by atoms with Gasteiger partial charge >= 0.3 is 5.97 Å². The molecule has 2 unspecified atom stereocenters. The van der Waals surface area contributed by atoms with Crippen molar-refractivity contribution in [3.8, 4) is 0 Å². The van der Waals surface area contributed by atoms with Crippen LogP contribution in [-0.2, 0) is 35.6 Å². The van der Waals surface area contributed by atoms with Crippen LogP contribution < -0.4 is 15.5 Å². The van der Waals surface area contributed by atoms with Crippen molar-refractivity contribution in [2.24, 2.45) is 0 Å². The first kappa shape index (κ1) is 31.8. The van der Waals surface area contributed by atoms with E-state index in [1.807, 2.05) is 0 Å². The highest BCUT2D eigenvalue weighted by atomic mass is 32.2. The van der Waals surface area contributed by atoms with Crippen LogP contribution in [0.5, 0.6) is 0 Å². The summed E-state index contributed by atoms with van der Waals surface area (Å²) >= 11 is 0. The smallest absolute Gasteiger partial charge is 0.326 e. The second-order valence-electron chi connectivity index (χ2n) is 10.9. The second kappa shape index (κ2) is 13.9. The molecular formula is C30H37N5O7S. The number of carbonyl (C=O) groups excluding carboxylic acids is 3. The number of benzene rings is 2. The number of carbonyl (C=O) groups is 4. The summed E-state index contributed by atoms with van der Waals surface area (Å²) in [6.07, 6.45) is 2.41. The number of anilines is 1. The van der Waals surface area contributed by atoms with Gasteiger partial charge in [-0.25, -0.2) is 13.2 Å². The maximum absolute atomic E-state index is 13.2. The van der Waals surface area contributed by atoms with E-state index in [1.54, 1.807) is 54.3 Å². The minimum Gasteiger partial charge on any atom is -0.480 e. The van der Waals surface area contributed by atoms with Gasteiger partial charge in [0.25, 0.3) is 0 Å². The van der Waals surface area contributed by atoms with Gasteiger partial charge in [-0.2, -0.15) is 4.31 Å². The van der Waals surface area contributed by atoms with Crippen LogP contribution in [0.3, 0.4) is 0 Å². The highest BCUT2D eigenvalue weighted by molar-refractivity contribution is 7.89. The Bertz CT molecular complexity index is 1460. The summed E-state index contributed by atoms with van der Waals surface area (Å²) in [6, 6.07) is 11.6. The Morgan fingerprint density at radius 3 is 2.33 bits per heavy atom. The first-order valence-electron chi connectivity index (χ1n) is 14.3. The van der Waals surface area contributed by atoms with Crippen molar-refractivity contribution in [3.63, 3.8) is 0 Å². The van der Waals surface area contributed by atoms with Gasteiger partial charge in [0.2, 0.25) is 27.7 Å². The van der Waals surface area contributed by atoms with Crippen molar-refractivity contribution in [2.45, 2.75) is 74.9 Å². The molecule has 0 aromatic heterocycles. The Morgan fingerprint density at radius 1 is 1.00 bits per heavy atom. The molecule has 230 valence electrons. The number of nitrogens with zero attached hydrogens (tertiary/aromatic N) is 2. The minimum atomic E-state index is -3.92. The predicted molar refractivity (Wildman–Crippen MR) is 159 cm³/mol. The Hall–Kier alpha value is -4.10. The average molecular weight is 612 g/mol. The topological polar surface area (TPSA) is 177 Å². The Balaban J connectivity index is 1.39. The first-order chi connectivity index (χ1) is 20.5. The number of rotatable bonds is 12. The zero-order valence-electron chi connectivity index (χ0n) is 24.0. The van der Waals surface area contributed by atoms with Gasteiger partial charge in [0.1, 0.15) is 18.1 Å². The Kier molecular flexibility index (Phi) is 10.3. The third-order valence-electron chi connectivity index (χ3n) is 7.66. The number of hydrogen-bond donors (Lipinski definition) is 4. The van der Waals surface area contributed by atoms with Gasteiger partial charge in [-0.15, -0.1) is 0 Å². The number of hydrogen-bond acceptors (Lipinski definition) is 7. The van der Waals surface area contributed by atoms with Crippen LogP contribution in [0.4, 0.5) is 5.69 Å². The lowest BCUT2D eigenvalue weighted by Gasteiger charge is -2.33. The number of carboxylic acid groups (broad SMARTS) is 1. The van der Waals surface area contributed by atoms with E-state index in [4.69, 9.17) is 5.41 Å². The van der Waals surface area contributed by atoms with Gasteiger partial charge in [0.15, 0.2) is 0 Å². The summed E-state index contributed by atoms with van der Waals surface area (Å²) in [5.41, 5.74) is 1.60. The maximum atomic E-state index is 13.2. The Labute approximate surface area is 251 Å². The fourth-order valence-corrected chi connectivity index (χ4v) is 7.04. The minimum absolute atomic E-state index is 0.0431. The van der Waals surface area contributed by atoms with Gasteiger partial charge in [0, 0.05) is 37.3 Å². The van der Waals surface area contributed by atoms with Crippen molar-refractivity contribution in [3.05, 3.63) is 60.2 Å². The fraction of sp³-hybridized carbons (Fsp3) is 0.433. The van der Waals surface area contributed by atoms with Crippen LogP contribution in [0.15, 0.2) is 59.5 Å². The zero-order chi connectivity index (χ0) is 31.1.